The topological polar surface area (TPSA) is 152 Å². The van der Waals surface area contributed by atoms with Crippen molar-refractivity contribution in [1.29, 1.82) is 0 Å². The molecule has 0 aliphatic heterocycles. The summed E-state index contributed by atoms with van der Waals surface area (Å²) < 4.78 is 10.6. The standard InChI is InChI=1S/C24H25N5O6/c1-34-19-4-2-3-17(11-19)14-27-23(31)21-12-20(28-15-29-21)22(30)26-13-16-5-7-18(8-6-16)35-10-9-25-24(32)33/h2-8,11-12,15,25H,9-10,13-14H2,1H3,(H,26,30)(H,27,31)(H,32,33). The molecule has 0 saturated heterocycles. The van der Waals surface area contributed by atoms with Crippen LogP contribution in [0.25, 0.3) is 0 Å². The van der Waals surface area contributed by atoms with Crippen molar-refractivity contribution in [3.05, 3.63) is 83.4 Å². The summed E-state index contributed by atoms with van der Waals surface area (Å²) in [6.07, 6.45) is 0.0603. The van der Waals surface area contributed by atoms with E-state index in [2.05, 4.69) is 25.9 Å². The van der Waals surface area contributed by atoms with Gasteiger partial charge in [-0.15, -0.1) is 0 Å². The van der Waals surface area contributed by atoms with Gasteiger partial charge in [-0.3, -0.25) is 9.59 Å². The zero-order valence-electron chi connectivity index (χ0n) is 19.0. The third-order valence-corrected chi connectivity index (χ3v) is 4.74. The molecular formula is C24H25N5O6. The van der Waals surface area contributed by atoms with Gasteiger partial charge in [0.05, 0.1) is 13.7 Å². The average molecular weight is 479 g/mol. The fourth-order valence-corrected chi connectivity index (χ4v) is 2.96. The van der Waals surface area contributed by atoms with Crippen LogP contribution < -0.4 is 25.4 Å². The molecule has 1 aromatic heterocycles. The molecule has 3 amide bonds. The van der Waals surface area contributed by atoms with E-state index in [4.69, 9.17) is 14.6 Å². The number of benzene rings is 2. The smallest absolute Gasteiger partial charge is 0.404 e. The first-order valence-electron chi connectivity index (χ1n) is 10.6. The Kier molecular flexibility index (Phi) is 8.94. The van der Waals surface area contributed by atoms with Crippen LogP contribution in [0.5, 0.6) is 11.5 Å². The normalized spacial score (nSPS) is 10.2. The molecule has 0 aliphatic carbocycles. The molecule has 3 aromatic rings. The zero-order valence-corrected chi connectivity index (χ0v) is 19.0. The third-order valence-electron chi connectivity index (χ3n) is 4.74. The van der Waals surface area contributed by atoms with E-state index in [1.807, 2.05) is 24.3 Å². The lowest BCUT2D eigenvalue weighted by Gasteiger charge is -2.09. The summed E-state index contributed by atoms with van der Waals surface area (Å²) in [6, 6.07) is 15.6. The summed E-state index contributed by atoms with van der Waals surface area (Å²) in [5.74, 6) is 0.383. The van der Waals surface area contributed by atoms with Gasteiger partial charge in [0.1, 0.15) is 35.8 Å². The van der Waals surface area contributed by atoms with Crippen LogP contribution >= 0.6 is 0 Å². The van der Waals surface area contributed by atoms with E-state index >= 15 is 0 Å². The maximum Gasteiger partial charge on any atom is 0.404 e. The van der Waals surface area contributed by atoms with E-state index in [0.717, 1.165) is 11.1 Å². The predicted octanol–water partition coefficient (Wildman–Crippen LogP) is 1.99. The van der Waals surface area contributed by atoms with Gasteiger partial charge >= 0.3 is 6.09 Å². The highest BCUT2D eigenvalue weighted by Crippen LogP contribution is 2.13. The maximum absolute atomic E-state index is 12.5. The lowest BCUT2D eigenvalue weighted by Crippen LogP contribution is -2.27. The summed E-state index contributed by atoms with van der Waals surface area (Å²) in [7, 11) is 1.57. The molecule has 3 rings (SSSR count). The maximum atomic E-state index is 12.5. The first-order chi connectivity index (χ1) is 16.9. The van der Waals surface area contributed by atoms with E-state index < -0.39 is 17.9 Å². The predicted molar refractivity (Wildman–Crippen MR) is 125 cm³/mol. The van der Waals surface area contributed by atoms with Crippen molar-refractivity contribution in [2.45, 2.75) is 13.1 Å². The van der Waals surface area contributed by atoms with Crippen molar-refractivity contribution in [1.82, 2.24) is 25.9 Å². The van der Waals surface area contributed by atoms with Crippen molar-refractivity contribution >= 4 is 17.9 Å². The first kappa shape index (κ1) is 25.0. The monoisotopic (exact) mass is 479 g/mol. The Morgan fingerprint density at radius 3 is 2.11 bits per heavy atom. The van der Waals surface area contributed by atoms with Crippen LogP contribution in [0.15, 0.2) is 60.9 Å². The Labute approximate surface area is 201 Å². The highest BCUT2D eigenvalue weighted by atomic mass is 16.5. The second kappa shape index (κ2) is 12.5. The SMILES string of the molecule is COc1cccc(CNC(=O)c2cc(C(=O)NCc3ccc(OCCNC(=O)O)cc3)ncn2)c1. The molecule has 0 aliphatic rings. The van der Waals surface area contributed by atoms with Gasteiger partial charge in [-0.25, -0.2) is 14.8 Å². The van der Waals surface area contributed by atoms with Crippen LogP contribution in [0.2, 0.25) is 0 Å². The van der Waals surface area contributed by atoms with Gasteiger partial charge in [0.15, 0.2) is 0 Å². The van der Waals surface area contributed by atoms with Gasteiger partial charge in [-0.05, 0) is 35.4 Å². The Morgan fingerprint density at radius 1 is 0.829 bits per heavy atom. The Balaban J connectivity index is 1.49. The van der Waals surface area contributed by atoms with Gasteiger partial charge in [0.25, 0.3) is 11.8 Å². The Hall–Kier alpha value is -4.67. The van der Waals surface area contributed by atoms with E-state index in [1.54, 1.807) is 31.4 Å². The summed E-state index contributed by atoms with van der Waals surface area (Å²) in [5.41, 5.74) is 1.82. The van der Waals surface area contributed by atoms with Crippen LogP contribution in [0, 0.1) is 0 Å². The van der Waals surface area contributed by atoms with Crippen molar-refractivity contribution in [3.8, 4) is 11.5 Å². The molecule has 0 atom stereocenters. The van der Waals surface area contributed by atoms with Gasteiger partial charge in [0, 0.05) is 19.2 Å². The molecule has 0 radical (unpaired) electrons. The highest BCUT2D eigenvalue weighted by Gasteiger charge is 2.13. The van der Waals surface area contributed by atoms with Crippen LogP contribution in [0.3, 0.4) is 0 Å². The molecule has 35 heavy (non-hydrogen) atoms. The van der Waals surface area contributed by atoms with Gasteiger partial charge in [0.2, 0.25) is 0 Å². The van der Waals surface area contributed by atoms with E-state index in [0.29, 0.717) is 11.5 Å². The molecule has 1 heterocycles. The van der Waals surface area contributed by atoms with Crippen LogP contribution in [0.1, 0.15) is 32.1 Å². The Bertz CT molecular complexity index is 1170. The quantitative estimate of drug-likeness (QED) is 0.305. The summed E-state index contributed by atoms with van der Waals surface area (Å²) >= 11 is 0. The van der Waals surface area contributed by atoms with E-state index in [-0.39, 0.29) is 37.6 Å². The van der Waals surface area contributed by atoms with Crippen LogP contribution in [-0.2, 0) is 13.1 Å². The third kappa shape index (κ3) is 8.00. The number of aromatic nitrogens is 2. The number of methoxy groups -OCH3 is 1. The zero-order chi connectivity index (χ0) is 25.0. The van der Waals surface area contributed by atoms with Gasteiger partial charge in [-0.1, -0.05) is 24.3 Å². The summed E-state index contributed by atoms with van der Waals surface area (Å²) in [5, 5.41) is 16.2. The summed E-state index contributed by atoms with van der Waals surface area (Å²) in [4.78, 5) is 43.3. The van der Waals surface area contributed by atoms with Crippen molar-refractivity contribution in [3.63, 3.8) is 0 Å². The van der Waals surface area contributed by atoms with Crippen molar-refractivity contribution in [2.24, 2.45) is 0 Å². The molecule has 182 valence electrons. The molecule has 2 aromatic carbocycles. The second-order valence-electron chi connectivity index (χ2n) is 7.23. The lowest BCUT2D eigenvalue weighted by molar-refractivity contribution is 0.0944. The number of carbonyl (C=O) groups excluding carboxylic acids is 2. The molecule has 0 saturated carbocycles. The molecule has 0 spiro atoms. The molecular weight excluding hydrogens is 454 g/mol. The highest BCUT2D eigenvalue weighted by molar-refractivity contribution is 5.97. The second-order valence-corrected chi connectivity index (χ2v) is 7.23. The largest absolute Gasteiger partial charge is 0.497 e. The minimum absolute atomic E-state index is 0.0671. The number of ether oxygens (including phenoxy) is 2. The fraction of sp³-hybridized carbons (Fsp3) is 0.208. The van der Waals surface area contributed by atoms with E-state index in [1.165, 1.54) is 12.4 Å². The molecule has 0 bridgehead atoms. The molecule has 4 N–H and O–H groups in total. The van der Waals surface area contributed by atoms with Gasteiger partial charge < -0.3 is 30.5 Å². The fourth-order valence-electron chi connectivity index (χ4n) is 2.96. The molecule has 0 fully saturated rings. The Morgan fingerprint density at radius 2 is 1.49 bits per heavy atom. The lowest BCUT2D eigenvalue weighted by atomic mass is 10.2. The molecule has 11 nitrogen and oxygen atoms in total. The summed E-state index contributed by atoms with van der Waals surface area (Å²) in [6.45, 7) is 0.886. The minimum Gasteiger partial charge on any atom is -0.497 e. The average Bonchev–Trinajstić information content (AvgIpc) is 2.89. The van der Waals surface area contributed by atoms with Crippen LogP contribution in [0.4, 0.5) is 4.79 Å². The van der Waals surface area contributed by atoms with E-state index in [9.17, 15) is 14.4 Å². The number of nitrogens with one attached hydrogen (secondary N) is 3. The molecule has 0 unspecified atom stereocenters. The number of hydrogen-bond donors (Lipinski definition) is 4. The van der Waals surface area contributed by atoms with Crippen molar-refractivity contribution in [2.75, 3.05) is 20.3 Å². The first-order valence-corrected chi connectivity index (χ1v) is 10.6. The number of nitrogens with zero attached hydrogens (tertiary/aromatic N) is 2. The number of amides is 3. The van der Waals surface area contributed by atoms with Crippen LogP contribution in [-0.4, -0.2) is 53.2 Å². The number of carbonyl (C=O) groups is 3. The van der Waals surface area contributed by atoms with Crippen molar-refractivity contribution < 1.29 is 29.0 Å². The van der Waals surface area contributed by atoms with Gasteiger partial charge in [-0.2, -0.15) is 0 Å². The number of rotatable bonds is 11. The molecule has 11 heteroatoms. The minimum atomic E-state index is -1.11. The number of carboxylic acid groups (broad SMARTS) is 1. The number of hydrogen-bond acceptors (Lipinski definition) is 7.